The second kappa shape index (κ2) is 2.70. The van der Waals surface area contributed by atoms with E-state index in [4.69, 9.17) is 0 Å². The average Bonchev–Trinajstić information content (AvgIpc) is 2.02. The van der Waals surface area contributed by atoms with Crippen LogP contribution in [0.2, 0.25) is 0 Å². The summed E-state index contributed by atoms with van der Waals surface area (Å²) in [7, 11) is -2.18. The molecule has 1 aromatic carbocycles. The van der Waals surface area contributed by atoms with Crippen LogP contribution in [-0.2, 0) is 9.73 Å². The van der Waals surface area contributed by atoms with Gasteiger partial charge in [-0.3, -0.25) is 0 Å². The van der Waals surface area contributed by atoms with Crippen molar-refractivity contribution in [1.82, 2.24) is 0 Å². The predicted molar refractivity (Wildman–Crippen MR) is 54.9 cm³/mol. The van der Waals surface area contributed by atoms with Crippen molar-refractivity contribution in [3.8, 4) is 0 Å². The van der Waals surface area contributed by atoms with E-state index in [1.807, 2.05) is 37.3 Å². The summed E-state index contributed by atoms with van der Waals surface area (Å²) in [5.74, 6) is 0. The molecule has 0 saturated heterocycles. The zero-order chi connectivity index (χ0) is 9.47. The van der Waals surface area contributed by atoms with Crippen LogP contribution in [0.15, 0.2) is 39.2 Å². The molecule has 1 heterocycles. The standard InChI is InChI=1S/C10H11NOS/c1-8-7-9-5-3-4-6-10(9)13(2,12)11-8/h3-7H,1-2H3/t13-/m1/s1. The van der Waals surface area contributed by atoms with Crippen LogP contribution < -0.4 is 0 Å². The third-order valence-electron chi connectivity index (χ3n) is 2.01. The summed E-state index contributed by atoms with van der Waals surface area (Å²) in [6.45, 7) is 1.87. The number of fused-ring (bicyclic) bond motifs is 1. The fraction of sp³-hybridized carbons (Fsp3) is 0.200. The molecule has 2 nitrogen and oxygen atoms in total. The Kier molecular flexibility index (Phi) is 1.77. The van der Waals surface area contributed by atoms with Gasteiger partial charge in [-0.15, -0.1) is 0 Å². The highest BCUT2D eigenvalue weighted by molar-refractivity contribution is 7.93. The maximum Gasteiger partial charge on any atom is 0.0774 e. The minimum atomic E-state index is -2.18. The van der Waals surface area contributed by atoms with Gasteiger partial charge in [0.15, 0.2) is 0 Å². The van der Waals surface area contributed by atoms with E-state index >= 15 is 0 Å². The Bertz CT molecular complexity index is 493. The summed E-state index contributed by atoms with van der Waals surface area (Å²) in [6.07, 6.45) is 3.64. The van der Waals surface area contributed by atoms with Gasteiger partial charge in [-0.25, -0.2) is 8.57 Å². The summed E-state index contributed by atoms with van der Waals surface area (Å²) < 4.78 is 16.2. The molecule has 0 saturated carbocycles. The van der Waals surface area contributed by atoms with Crippen LogP contribution in [0, 0.1) is 0 Å². The first-order valence-corrected chi connectivity index (χ1v) is 6.01. The Morgan fingerprint density at radius 3 is 2.77 bits per heavy atom. The number of hydrogen-bond donors (Lipinski definition) is 0. The highest BCUT2D eigenvalue weighted by Gasteiger charge is 2.13. The van der Waals surface area contributed by atoms with Crippen molar-refractivity contribution >= 4 is 15.8 Å². The van der Waals surface area contributed by atoms with Crippen LogP contribution in [-0.4, -0.2) is 10.5 Å². The molecule has 1 aliphatic heterocycles. The quantitative estimate of drug-likeness (QED) is 0.622. The van der Waals surface area contributed by atoms with E-state index in [0.29, 0.717) is 0 Å². The number of rotatable bonds is 0. The van der Waals surface area contributed by atoms with E-state index < -0.39 is 9.73 Å². The Hall–Kier alpha value is -1.09. The summed E-state index contributed by atoms with van der Waals surface area (Å²) in [5, 5.41) is 0. The molecule has 1 aromatic rings. The van der Waals surface area contributed by atoms with E-state index in [0.717, 1.165) is 16.2 Å². The van der Waals surface area contributed by atoms with Crippen molar-refractivity contribution in [2.75, 3.05) is 6.26 Å². The van der Waals surface area contributed by atoms with Gasteiger partial charge in [-0.05, 0) is 24.6 Å². The van der Waals surface area contributed by atoms with Crippen LogP contribution in [0.4, 0.5) is 0 Å². The first kappa shape index (κ1) is 8.51. The van der Waals surface area contributed by atoms with Gasteiger partial charge in [0.25, 0.3) is 0 Å². The minimum absolute atomic E-state index is 0.839. The molecule has 0 radical (unpaired) electrons. The normalized spacial score (nSPS) is 25.8. The molecule has 68 valence electrons. The molecule has 1 aliphatic rings. The SMILES string of the molecule is CC1=Cc2ccccc2[S@@](C)(=O)=N1. The van der Waals surface area contributed by atoms with Gasteiger partial charge in [0.05, 0.1) is 14.6 Å². The molecule has 0 N–H and O–H groups in total. The Balaban J connectivity index is 2.83. The number of allylic oxidation sites excluding steroid dienone is 1. The lowest BCUT2D eigenvalue weighted by atomic mass is 10.2. The summed E-state index contributed by atoms with van der Waals surface area (Å²) >= 11 is 0. The zero-order valence-corrected chi connectivity index (χ0v) is 8.47. The summed E-state index contributed by atoms with van der Waals surface area (Å²) in [6, 6.07) is 7.69. The lowest BCUT2D eigenvalue weighted by molar-refractivity contribution is 0.679. The van der Waals surface area contributed by atoms with Gasteiger partial charge in [-0.2, -0.15) is 0 Å². The second-order valence-electron chi connectivity index (χ2n) is 3.22. The van der Waals surface area contributed by atoms with Crippen molar-refractivity contribution in [1.29, 1.82) is 0 Å². The van der Waals surface area contributed by atoms with E-state index in [1.54, 1.807) is 6.26 Å². The maximum absolute atomic E-state index is 12.0. The Morgan fingerprint density at radius 1 is 1.31 bits per heavy atom. The molecule has 0 bridgehead atoms. The molecular weight excluding hydrogens is 182 g/mol. The van der Waals surface area contributed by atoms with Crippen molar-refractivity contribution in [2.45, 2.75) is 11.8 Å². The summed E-state index contributed by atoms with van der Waals surface area (Å²) in [4.78, 5) is 0.848. The Morgan fingerprint density at radius 2 is 2.00 bits per heavy atom. The molecule has 0 fully saturated rings. The molecular formula is C10H11NOS. The Labute approximate surface area is 78.5 Å². The number of hydrogen-bond acceptors (Lipinski definition) is 2. The summed E-state index contributed by atoms with van der Waals surface area (Å²) in [5.41, 5.74) is 1.87. The monoisotopic (exact) mass is 193 g/mol. The van der Waals surface area contributed by atoms with Gasteiger partial charge in [0.2, 0.25) is 0 Å². The molecule has 0 unspecified atom stereocenters. The highest BCUT2D eigenvalue weighted by atomic mass is 32.2. The second-order valence-corrected chi connectivity index (χ2v) is 5.44. The molecule has 0 aliphatic carbocycles. The van der Waals surface area contributed by atoms with Crippen LogP contribution in [0.3, 0.4) is 0 Å². The molecule has 0 spiro atoms. The smallest absolute Gasteiger partial charge is 0.0774 e. The molecule has 2 rings (SSSR count). The van der Waals surface area contributed by atoms with Crippen LogP contribution in [0.1, 0.15) is 12.5 Å². The van der Waals surface area contributed by atoms with E-state index in [9.17, 15) is 4.21 Å². The lowest BCUT2D eigenvalue weighted by Gasteiger charge is -2.13. The van der Waals surface area contributed by atoms with Crippen molar-refractivity contribution in [2.24, 2.45) is 4.36 Å². The molecule has 1 atom stereocenters. The van der Waals surface area contributed by atoms with Crippen molar-refractivity contribution in [3.05, 3.63) is 35.5 Å². The van der Waals surface area contributed by atoms with Gasteiger partial charge < -0.3 is 0 Å². The third kappa shape index (κ3) is 1.40. The van der Waals surface area contributed by atoms with Crippen LogP contribution >= 0.6 is 0 Å². The van der Waals surface area contributed by atoms with Crippen molar-refractivity contribution < 1.29 is 4.21 Å². The van der Waals surface area contributed by atoms with Gasteiger partial charge in [0.1, 0.15) is 0 Å². The fourth-order valence-electron chi connectivity index (χ4n) is 1.52. The fourth-order valence-corrected chi connectivity index (χ4v) is 3.12. The topological polar surface area (TPSA) is 29.4 Å². The first-order chi connectivity index (χ1) is 6.09. The maximum atomic E-state index is 12.0. The van der Waals surface area contributed by atoms with E-state index in [2.05, 4.69) is 4.36 Å². The molecule has 0 amide bonds. The zero-order valence-electron chi connectivity index (χ0n) is 7.65. The van der Waals surface area contributed by atoms with Gasteiger partial charge >= 0.3 is 0 Å². The van der Waals surface area contributed by atoms with Gasteiger partial charge in [0, 0.05) is 12.0 Å². The van der Waals surface area contributed by atoms with E-state index in [-0.39, 0.29) is 0 Å². The lowest BCUT2D eigenvalue weighted by Crippen LogP contribution is -2.03. The van der Waals surface area contributed by atoms with Crippen molar-refractivity contribution in [3.63, 3.8) is 0 Å². The number of nitrogens with zero attached hydrogens (tertiary/aromatic N) is 1. The molecule has 3 heteroatoms. The van der Waals surface area contributed by atoms with E-state index in [1.165, 1.54) is 0 Å². The molecule has 13 heavy (non-hydrogen) atoms. The average molecular weight is 193 g/mol. The minimum Gasteiger partial charge on any atom is -0.245 e. The number of benzene rings is 1. The van der Waals surface area contributed by atoms with Crippen LogP contribution in [0.5, 0.6) is 0 Å². The highest BCUT2D eigenvalue weighted by Crippen LogP contribution is 2.25. The van der Waals surface area contributed by atoms with Crippen LogP contribution in [0.25, 0.3) is 6.08 Å². The third-order valence-corrected chi connectivity index (χ3v) is 3.83. The van der Waals surface area contributed by atoms with Gasteiger partial charge in [-0.1, -0.05) is 18.2 Å². The first-order valence-electron chi connectivity index (χ1n) is 4.09. The largest absolute Gasteiger partial charge is 0.245 e. The predicted octanol–water partition coefficient (Wildman–Crippen LogP) is 2.52. The molecule has 0 aromatic heterocycles.